The first kappa shape index (κ1) is 14.4. The Morgan fingerprint density at radius 2 is 2.39 bits per heavy atom. The summed E-state index contributed by atoms with van der Waals surface area (Å²) in [7, 11) is 0. The molecule has 1 amide bonds. The van der Waals surface area contributed by atoms with Crippen LogP contribution in [0.2, 0.25) is 0 Å². The predicted octanol–water partition coefficient (Wildman–Crippen LogP) is 3.50. The van der Waals surface area contributed by atoms with Crippen molar-refractivity contribution in [2.75, 3.05) is 23.3 Å². The third-order valence-electron chi connectivity index (χ3n) is 3.58. The number of cyclic esters (lactones) is 1. The van der Waals surface area contributed by atoms with Gasteiger partial charge in [-0.2, -0.15) is 0 Å². The number of anilines is 2. The topological polar surface area (TPSA) is 67.3 Å². The summed E-state index contributed by atoms with van der Waals surface area (Å²) in [6.45, 7) is 3.06. The second kappa shape index (κ2) is 5.78. The van der Waals surface area contributed by atoms with Crippen LogP contribution in [0.5, 0.6) is 0 Å². The zero-order valence-electron chi connectivity index (χ0n) is 12.4. The summed E-state index contributed by atoms with van der Waals surface area (Å²) in [5, 5.41) is 6.95. The fourth-order valence-corrected chi connectivity index (χ4v) is 3.95. The van der Waals surface area contributed by atoms with E-state index < -0.39 is 0 Å². The van der Waals surface area contributed by atoms with Crippen LogP contribution in [0.4, 0.5) is 15.6 Å². The van der Waals surface area contributed by atoms with Gasteiger partial charge in [-0.15, -0.1) is 22.7 Å². The molecule has 1 aliphatic heterocycles. The molecule has 6 nitrogen and oxygen atoms in total. The lowest BCUT2D eigenvalue weighted by Gasteiger charge is -2.13. The number of nitrogens with one attached hydrogen (secondary N) is 1. The molecule has 1 saturated heterocycles. The summed E-state index contributed by atoms with van der Waals surface area (Å²) in [6, 6.07) is 5.86. The minimum absolute atomic E-state index is 0.190. The van der Waals surface area contributed by atoms with Crippen molar-refractivity contribution in [2.24, 2.45) is 0 Å². The number of carbonyl (C=O) groups excluding carboxylic acids is 1. The number of aromatic nitrogens is 2. The average molecular weight is 346 g/mol. The Morgan fingerprint density at radius 1 is 1.48 bits per heavy atom. The lowest BCUT2D eigenvalue weighted by Crippen LogP contribution is -2.27. The van der Waals surface area contributed by atoms with Gasteiger partial charge in [-0.3, -0.25) is 4.90 Å². The SMILES string of the molecule is Cc1nc2ccc(N3C[C@@H](CNc4nccs4)OC3=O)cc2s1. The van der Waals surface area contributed by atoms with E-state index in [4.69, 9.17) is 4.74 Å². The number of aryl methyl sites for hydroxylation is 1. The van der Waals surface area contributed by atoms with Crippen LogP contribution in [-0.4, -0.2) is 35.3 Å². The number of fused-ring (bicyclic) bond motifs is 1. The van der Waals surface area contributed by atoms with Crippen molar-refractivity contribution in [3.05, 3.63) is 34.8 Å². The number of hydrogen-bond acceptors (Lipinski definition) is 7. The van der Waals surface area contributed by atoms with Crippen molar-refractivity contribution < 1.29 is 9.53 Å². The zero-order valence-corrected chi connectivity index (χ0v) is 14.0. The van der Waals surface area contributed by atoms with Crippen LogP contribution in [0.3, 0.4) is 0 Å². The Labute approximate surface area is 140 Å². The summed E-state index contributed by atoms with van der Waals surface area (Å²) in [5.74, 6) is 0. The van der Waals surface area contributed by atoms with Gasteiger partial charge in [-0.05, 0) is 25.1 Å². The van der Waals surface area contributed by atoms with E-state index in [2.05, 4.69) is 15.3 Å². The van der Waals surface area contributed by atoms with Gasteiger partial charge in [0.05, 0.1) is 28.3 Å². The zero-order chi connectivity index (χ0) is 15.8. The summed E-state index contributed by atoms with van der Waals surface area (Å²) in [4.78, 5) is 22.4. The van der Waals surface area contributed by atoms with Crippen molar-refractivity contribution in [3.63, 3.8) is 0 Å². The minimum Gasteiger partial charge on any atom is -0.442 e. The quantitative estimate of drug-likeness (QED) is 0.783. The summed E-state index contributed by atoms with van der Waals surface area (Å²) < 4.78 is 6.51. The number of benzene rings is 1. The van der Waals surface area contributed by atoms with Gasteiger partial charge < -0.3 is 10.1 Å². The number of hydrogen-bond donors (Lipinski definition) is 1. The first-order valence-electron chi connectivity index (χ1n) is 7.18. The molecule has 1 fully saturated rings. The van der Waals surface area contributed by atoms with E-state index in [1.807, 2.05) is 30.5 Å². The highest BCUT2D eigenvalue weighted by molar-refractivity contribution is 7.18. The van der Waals surface area contributed by atoms with Gasteiger partial charge in [0.2, 0.25) is 0 Å². The molecule has 0 radical (unpaired) electrons. The van der Waals surface area contributed by atoms with Gasteiger partial charge in [-0.1, -0.05) is 0 Å². The molecule has 3 heterocycles. The highest BCUT2D eigenvalue weighted by Crippen LogP contribution is 2.29. The van der Waals surface area contributed by atoms with Crippen molar-refractivity contribution in [1.82, 2.24) is 9.97 Å². The van der Waals surface area contributed by atoms with E-state index in [-0.39, 0.29) is 12.2 Å². The van der Waals surface area contributed by atoms with Gasteiger partial charge in [0.1, 0.15) is 6.10 Å². The maximum absolute atomic E-state index is 12.1. The molecule has 1 atom stereocenters. The number of amides is 1. The lowest BCUT2D eigenvalue weighted by molar-refractivity contribution is 0.147. The van der Waals surface area contributed by atoms with E-state index >= 15 is 0 Å². The van der Waals surface area contributed by atoms with Gasteiger partial charge >= 0.3 is 6.09 Å². The van der Waals surface area contributed by atoms with Crippen LogP contribution in [-0.2, 0) is 4.74 Å². The number of carbonyl (C=O) groups is 1. The lowest BCUT2D eigenvalue weighted by atomic mass is 10.2. The van der Waals surface area contributed by atoms with E-state index in [1.165, 1.54) is 11.3 Å². The highest BCUT2D eigenvalue weighted by Gasteiger charge is 2.32. The first-order valence-corrected chi connectivity index (χ1v) is 8.87. The summed E-state index contributed by atoms with van der Waals surface area (Å²) in [6.07, 6.45) is 1.24. The van der Waals surface area contributed by atoms with Crippen LogP contribution in [0, 0.1) is 6.92 Å². The van der Waals surface area contributed by atoms with Crippen molar-refractivity contribution in [3.8, 4) is 0 Å². The molecule has 1 N–H and O–H groups in total. The normalized spacial score (nSPS) is 17.7. The fourth-order valence-electron chi connectivity index (χ4n) is 2.55. The third-order valence-corrected chi connectivity index (χ3v) is 5.24. The molecular weight excluding hydrogens is 332 g/mol. The highest BCUT2D eigenvalue weighted by atomic mass is 32.1. The number of thiazole rings is 2. The molecule has 8 heteroatoms. The maximum atomic E-state index is 12.1. The molecule has 4 rings (SSSR count). The molecule has 1 aromatic carbocycles. The molecule has 0 unspecified atom stereocenters. The molecule has 0 bridgehead atoms. The van der Waals surface area contributed by atoms with Crippen LogP contribution >= 0.6 is 22.7 Å². The maximum Gasteiger partial charge on any atom is 0.414 e. The summed E-state index contributed by atoms with van der Waals surface area (Å²) >= 11 is 3.15. The smallest absolute Gasteiger partial charge is 0.414 e. The standard InChI is InChI=1S/C15H14N4O2S2/c1-9-18-12-3-2-10(6-13(12)23-9)19-8-11(21-15(19)20)7-17-14-16-4-5-22-14/h2-6,11H,7-8H2,1H3,(H,16,17)/t11-/m1/s1. The van der Waals surface area contributed by atoms with Crippen LogP contribution < -0.4 is 10.2 Å². The molecule has 0 saturated carbocycles. The van der Waals surface area contributed by atoms with Gasteiger partial charge in [0, 0.05) is 17.3 Å². The molecule has 1 aliphatic rings. The van der Waals surface area contributed by atoms with Crippen molar-refractivity contribution in [2.45, 2.75) is 13.0 Å². The Bertz CT molecular complexity index is 846. The Kier molecular flexibility index (Phi) is 3.62. The molecule has 2 aromatic heterocycles. The van der Waals surface area contributed by atoms with Gasteiger partial charge in [0.25, 0.3) is 0 Å². The van der Waals surface area contributed by atoms with Crippen LogP contribution in [0.15, 0.2) is 29.8 Å². The Balaban J connectivity index is 1.48. The van der Waals surface area contributed by atoms with E-state index in [1.54, 1.807) is 22.4 Å². The predicted molar refractivity (Wildman–Crippen MR) is 92.6 cm³/mol. The Morgan fingerprint density at radius 3 is 3.22 bits per heavy atom. The monoisotopic (exact) mass is 346 g/mol. The molecule has 118 valence electrons. The van der Waals surface area contributed by atoms with Crippen molar-refractivity contribution in [1.29, 1.82) is 0 Å². The molecule has 0 aliphatic carbocycles. The number of nitrogens with zero attached hydrogens (tertiary/aromatic N) is 3. The van der Waals surface area contributed by atoms with Crippen molar-refractivity contribution >= 4 is 49.8 Å². The molecule has 0 spiro atoms. The van der Waals surface area contributed by atoms with E-state index in [9.17, 15) is 4.79 Å². The second-order valence-electron chi connectivity index (χ2n) is 5.22. The Hall–Kier alpha value is -2.19. The minimum atomic E-state index is -0.309. The number of rotatable bonds is 4. The molecular formula is C15H14N4O2S2. The van der Waals surface area contributed by atoms with Gasteiger partial charge in [0.15, 0.2) is 5.13 Å². The summed E-state index contributed by atoms with van der Waals surface area (Å²) in [5.41, 5.74) is 1.81. The average Bonchev–Trinajstić information content (AvgIpc) is 3.23. The first-order chi connectivity index (χ1) is 11.2. The second-order valence-corrected chi connectivity index (χ2v) is 7.35. The number of ether oxygens (including phenoxy) is 1. The molecule has 3 aromatic rings. The molecule has 23 heavy (non-hydrogen) atoms. The van der Waals surface area contributed by atoms with E-state index in [0.717, 1.165) is 26.0 Å². The van der Waals surface area contributed by atoms with Crippen LogP contribution in [0.1, 0.15) is 5.01 Å². The fraction of sp³-hybridized carbons (Fsp3) is 0.267. The third kappa shape index (κ3) is 2.87. The van der Waals surface area contributed by atoms with Gasteiger partial charge in [-0.25, -0.2) is 14.8 Å². The van der Waals surface area contributed by atoms with E-state index in [0.29, 0.717) is 13.1 Å². The largest absolute Gasteiger partial charge is 0.442 e. The van der Waals surface area contributed by atoms with Crippen LogP contribution in [0.25, 0.3) is 10.2 Å².